The standard InChI is InChI=1S/C17H30N2O.C2H2O4/c1-14(2)16-8-7-15(3)17(13-16)20-12-6-9-18-10-11-19(4)5;3-1(4)2(5)6/h7-8,13-14,18H,6,9-12H2,1-5H3;(H,3,4)(H,5,6). The number of ether oxygens (including phenoxy) is 1. The molecular weight excluding hydrogens is 336 g/mol. The zero-order valence-corrected chi connectivity index (χ0v) is 16.4. The third kappa shape index (κ3) is 11.4. The Hall–Kier alpha value is -2.12. The van der Waals surface area contributed by atoms with Crippen molar-refractivity contribution in [3.05, 3.63) is 29.3 Å². The molecule has 0 radical (unpaired) electrons. The maximum Gasteiger partial charge on any atom is 0.414 e. The van der Waals surface area contributed by atoms with Gasteiger partial charge in [-0.15, -0.1) is 0 Å². The van der Waals surface area contributed by atoms with E-state index in [2.05, 4.69) is 63.3 Å². The fraction of sp³-hybridized carbons (Fsp3) is 0.579. The quantitative estimate of drug-likeness (QED) is 0.454. The number of benzene rings is 1. The smallest absolute Gasteiger partial charge is 0.414 e. The van der Waals surface area contributed by atoms with Crippen molar-refractivity contribution in [1.29, 1.82) is 0 Å². The summed E-state index contributed by atoms with van der Waals surface area (Å²) in [5, 5.41) is 18.2. The number of aliphatic carboxylic acids is 2. The molecule has 0 aliphatic heterocycles. The van der Waals surface area contributed by atoms with Crippen LogP contribution in [-0.2, 0) is 9.59 Å². The Labute approximate surface area is 156 Å². The lowest BCUT2D eigenvalue weighted by atomic mass is 10.0. The molecular formula is C19H32N2O5. The van der Waals surface area contributed by atoms with Gasteiger partial charge in [-0.1, -0.05) is 26.0 Å². The molecule has 0 aromatic heterocycles. The highest BCUT2D eigenvalue weighted by Crippen LogP contribution is 2.24. The van der Waals surface area contributed by atoms with Crippen molar-refractivity contribution in [2.75, 3.05) is 40.3 Å². The fourth-order valence-corrected chi connectivity index (χ4v) is 1.94. The van der Waals surface area contributed by atoms with Crippen molar-refractivity contribution in [2.45, 2.75) is 33.1 Å². The number of carboxylic acids is 2. The van der Waals surface area contributed by atoms with Crippen LogP contribution < -0.4 is 10.1 Å². The van der Waals surface area contributed by atoms with Crippen LogP contribution in [0.2, 0.25) is 0 Å². The van der Waals surface area contributed by atoms with Gasteiger partial charge in [-0.2, -0.15) is 0 Å². The largest absolute Gasteiger partial charge is 0.493 e. The molecule has 26 heavy (non-hydrogen) atoms. The van der Waals surface area contributed by atoms with Crippen LogP contribution in [0, 0.1) is 6.92 Å². The molecule has 1 aromatic carbocycles. The minimum absolute atomic E-state index is 0.547. The molecule has 0 spiro atoms. The molecule has 0 saturated carbocycles. The highest BCUT2D eigenvalue weighted by Gasteiger charge is 2.05. The Kier molecular flexibility index (Phi) is 12.1. The van der Waals surface area contributed by atoms with Gasteiger partial charge in [-0.05, 0) is 57.1 Å². The van der Waals surface area contributed by atoms with Gasteiger partial charge in [-0.3, -0.25) is 0 Å². The number of carbonyl (C=O) groups is 2. The maximum absolute atomic E-state index is 9.10. The molecule has 148 valence electrons. The zero-order valence-electron chi connectivity index (χ0n) is 16.4. The number of hydrogen-bond donors (Lipinski definition) is 3. The van der Waals surface area contributed by atoms with Gasteiger partial charge in [-0.25, -0.2) is 9.59 Å². The van der Waals surface area contributed by atoms with Gasteiger partial charge < -0.3 is 25.2 Å². The Balaban J connectivity index is 0.000000896. The number of likely N-dealkylation sites (N-methyl/N-ethyl adjacent to an activating group) is 1. The second-order valence-electron chi connectivity index (χ2n) is 6.55. The van der Waals surface area contributed by atoms with Crippen LogP contribution in [-0.4, -0.2) is 67.4 Å². The summed E-state index contributed by atoms with van der Waals surface area (Å²) in [5.41, 5.74) is 2.56. The topological polar surface area (TPSA) is 99.1 Å². The summed E-state index contributed by atoms with van der Waals surface area (Å²) < 4.78 is 5.90. The van der Waals surface area contributed by atoms with Crippen molar-refractivity contribution in [2.24, 2.45) is 0 Å². The molecule has 7 nitrogen and oxygen atoms in total. The van der Waals surface area contributed by atoms with Crippen LogP contribution >= 0.6 is 0 Å². The minimum Gasteiger partial charge on any atom is -0.493 e. The summed E-state index contributed by atoms with van der Waals surface area (Å²) in [4.78, 5) is 20.4. The van der Waals surface area contributed by atoms with Crippen LogP contribution in [0.1, 0.15) is 37.3 Å². The van der Waals surface area contributed by atoms with E-state index in [-0.39, 0.29) is 0 Å². The summed E-state index contributed by atoms with van der Waals surface area (Å²) >= 11 is 0. The van der Waals surface area contributed by atoms with E-state index in [9.17, 15) is 0 Å². The highest BCUT2D eigenvalue weighted by atomic mass is 16.5. The van der Waals surface area contributed by atoms with E-state index in [1.54, 1.807) is 0 Å². The Bertz CT molecular complexity index is 547. The Morgan fingerprint density at radius 2 is 1.77 bits per heavy atom. The molecule has 0 amide bonds. The highest BCUT2D eigenvalue weighted by molar-refractivity contribution is 6.27. The molecule has 0 unspecified atom stereocenters. The lowest BCUT2D eigenvalue weighted by Gasteiger charge is -2.13. The summed E-state index contributed by atoms with van der Waals surface area (Å²) in [7, 11) is 4.19. The molecule has 0 bridgehead atoms. The first-order valence-corrected chi connectivity index (χ1v) is 8.70. The molecule has 0 atom stereocenters. The number of nitrogens with one attached hydrogen (secondary N) is 1. The molecule has 0 fully saturated rings. The molecule has 7 heteroatoms. The predicted octanol–water partition coefficient (Wildman–Crippen LogP) is 2.19. The average molecular weight is 368 g/mol. The van der Waals surface area contributed by atoms with Gasteiger partial charge in [0.05, 0.1) is 6.61 Å². The van der Waals surface area contributed by atoms with Gasteiger partial charge in [0, 0.05) is 13.1 Å². The zero-order chi connectivity index (χ0) is 20.1. The lowest BCUT2D eigenvalue weighted by molar-refractivity contribution is -0.159. The summed E-state index contributed by atoms with van der Waals surface area (Å²) in [6, 6.07) is 6.52. The average Bonchev–Trinajstić information content (AvgIpc) is 2.55. The molecule has 0 aliphatic carbocycles. The van der Waals surface area contributed by atoms with Crippen LogP contribution in [0.3, 0.4) is 0 Å². The first kappa shape index (κ1) is 23.9. The number of nitrogens with zero attached hydrogens (tertiary/aromatic N) is 1. The normalized spacial score (nSPS) is 10.4. The molecule has 0 heterocycles. The van der Waals surface area contributed by atoms with Crippen molar-refractivity contribution >= 4 is 11.9 Å². The van der Waals surface area contributed by atoms with Gasteiger partial charge >= 0.3 is 11.9 Å². The monoisotopic (exact) mass is 368 g/mol. The van der Waals surface area contributed by atoms with E-state index in [1.165, 1.54) is 11.1 Å². The maximum atomic E-state index is 9.10. The molecule has 0 aliphatic rings. The van der Waals surface area contributed by atoms with E-state index in [4.69, 9.17) is 24.5 Å². The third-order valence-electron chi connectivity index (χ3n) is 3.55. The molecule has 1 rings (SSSR count). The molecule has 0 saturated heterocycles. The van der Waals surface area contributed by atoms with Crippen LogP contribution in [0.5, 0.6) is 5.75 Å². The number of hydrogen-bond acceptors (Lipinski definition) is 5. The number of rotatable bonds is 9. The SMILES string of the molecule is Cc1ccc(C(C)C)cc1OCCCNCCN(C)C.O=C(O)C(=O)O. The van der Waals surface area contributed by atoms with Crippen molar-refractivity contribution in [3.8, 4) is 5.75 Å². The third-order valence-corrected chi connectivity index (χ3v) is 3.55. The predicted molar refractivity (Wildman–Crippen MR) is 102 cm³/mol. The van der Waals surface area contributed by atoms with E-state index in [0.29, 0.717) is 5.92 Å². The van der Waals surface area contributed by atoms with E-state index in [0.717, 1.165) is 38.4 Å². The summed E-state index contributed by atoms with van der Waals surface area (Å²) in [5.74, 6) is -2.07. The van der Waals surface area contributed by atoms with Crippen molar-refractivity contribution < 1.29 is 24.5 Å². The van der Waals surface area contributed by atoms with Crippen LogP contribution in [0.25, 0.3) is 0 Å². The van der Waals surface area contributed by atoms with Gasteiger partial charge in [0.1, 0.15) is 5.75 Å². The first-order valence-electron chi connectivity index (χ1n) is 8.70. The van der Waals surface area contributed by atoms with Gasteiger partial charge in [0.2, 0.25) is 0 Å². The van der Waals surface area contributed by atoms with Crippen molar-refractivity contribution in [1.82, 2.24) is 10.2 Å². The minimum atomic E-state index is -1.82. The molecule has 1 aromatic rings. The number of aryl methyl sites for hydroxylation is 1. The van der Waals surface area contributed by atoms with E-state index >= 15 is 0 Å². The second-order valence-corrected chi connectivity index (χ2v) is 6.55. The second kappa shape index (κ2) is 13.1. The van der Waals surface area contributed by atoms with E-state index in [1.807, 2.05) is 0 Å². The number of carboxylic acid groups (broad SMARTS) is 2. The Morgan fingerprint density at radius 1 is 1.15 bits per heavy atom. The summed E-state index contributed by atoms with van der Waals surface area (Å²) in [6.45, 7) is 10.4. The van der Waals surface area contributed by atoms with Crippen LogP contribution in [0.4, 0.5) is 0 Å². The fourth-order valence-electron chi connectivity index (χ4n) is 1.94. The Morgan fingerprint density at radius 3 is 2.27 bits per heavy atom. The lowest BCUT2D eigenvalue weighted by Crippen LogP contribution is -2.27. The summed E-state index contributed by atoms with van der Waals surface area (Å²) in [6.07, 6.45) is 1.04. The van der Waals surface area contributed by atoms with E-state index < -0.39 is 11.9 Å². The van der Waals surface area contributed by atoms with Gasteiger partial charge in [0.15, 0.2) is 0 Å². The van der Waals surface area contributed by atoms with Crippen molar-refractivity contribution in [3.63, 3.8) is 0 Å². The van der Waals surface area contributed by atoms with Crippen LogP contribution in [0.15, 0.2) is 18.2 Å². The molecule has 3 N–H and O–H groups in total. The first-order chi connectivity index (χ1) is 12.1. The van der Waals surface area contributed by atoms with Gasteiger partial charge in [0.25, 0.3) is 0 Å².